The van der Waals surface area contributed by atoms with Crippen LogP contribution in [0.3, 0.4) is 0 Å². The number of carboxylic acid groups (broad SMARTS) is 1. The van der Waals surface area contributed by atoms with Gasteiger partial charge < -0.3 is 10.0 Å². The SMILES string of the molecule is Cc1cnc(C(=O)N2C[C@H]3CN(Cc4cccc(F)c4)C[C@H]3C2)cn1.O=C(O)C(F)(F)F. The van der Waals surface area contributed by atoms with Gasteiger partial charge in [-0.15, -0.1) is 0 Å². The zero-order valence-corrected chi connectivity index (χ0v) is 17.2. The zero-order valence-electron chi connectivity index (χ0n) is 17.2. The van der Waals surface area contributed by atoms with Crippen LogP contribution in [0.5, 0.6) is 0 Å². The van der Waals surface area contributed by atoms with E-state index in [4.69, 9.17) is 9.90 Å². The predicted octanol–water partition coefficient (Wildman–Crippen LogP) is 2.76. The Morgan fingerprint density at radius 1 is 1.09 bits per heavy atom. The summed E-state index contributed by atoms with van der Waals surface area (Å²) in [7, 11) is 0. The predicted molar refractivity (Wildman–Crippen MR) is 105 cm³/mol. The van der Waals surface area contributed by atoms with Gasteiger partial charge in [0.25, 0.3) is 5.91 Å². The second kappa shape index (κ2) is 9.60. The Kier molecular flexibility index (Phi) is 7.07. The summed E-state index contributed by atoms with van der Waals surface area (Å²) in [4.78, 5) is 34.1. The van der Waals surface area contributed by atoms with Gasteiger partial charge in [0, 0.05) is 38.9 Å². The first-order valence-electron chi connectivity index (χ1n) is 9.87. The lowest BCUT2D eigenvalue weighted by molar-refractivity contribution is -0.192. The summed E-state index contributed by atoms with van der Waals surface area (Å²) in [5, 5.41) is 7.12. The second-order valence-corrected chi connectivity index (χ2v) is 7.90. The summed E-state index contributed by atoms with van der Waals surface area (Å²) in [5.74, 6) is -2.01. The van der Waals surface area contributed by atoms with Crippen LogP contribution in [0.25, 0.3) is 0 Å². The lowest BCUT2D eigenvalue weighted by atomic mass is 10.0. The van der Waals surface area contributed by atoms with Crippen LogP contribution in [0.1, 0.15) is 21.7 Å². The highest BCUT2D eigenvalue weighted by molar-refractivity contribution is 5.92. The lowest BCUT2D eigenvalue weighted by Crippen LogP contribution is -2.33. The molecule has 2 saturated heterocycles. The Hall–Kier alpha value is -3.08. The Balaban J connectivity index is 0.000000360. The Morgan fingerprint density at radius 2 is 1.72 bits per heavy atom. The van der Waals surface area contributed by atoms with Crippen molar-refractivity contribution in [3.63, 3.8) is 0 Å². The largest absolute Gasteiger partial charge is 0.490 e. The van der Waals surface area contributed by atoms with Crippen molar-refractivity contribution >= 4 is 11.9 Å². The quantitative estimate of drug-likeness (QED) is 0.718. The molecule has 2 aromatic rings. The highest BCUT2D eigenvalue weighted by Gasteiger charge is 2.42. The van der Waals surface area contributed by atoms with Gasteiger partial charge in [0.05, 0.1) is 11.9 Å². The number of hydrogen-bond donors (Lipinski definition) is 1. The number of fused-ring (bicyclic) bond motifs is 1. The van der Waals surface area contributed by atoms with Crippen LogP contribution < -0.4 is 0 Å². The Morgan fingerprint density at radius 3 is 2.22 bits per heavy atom. The fourth-order valence-corrected chi connectivity index (χ4v) is 3.94. The number of carbonyl (C=O) groups is 2. The standard InChI is InChI=1S/C19H21FN4O.C2HF3O2/c1-13-6-22-18(7-21-13)19(25)24-11-15-9-23(10-16(15)12-24)8-14-3-2-4-17(20)5-14;3-2(4,5)1(6)7/h2-7,15-16H,8-12H2,1H3;(H,6,7)/t15-,16+;. The number of alkyl halides is 3. The molecule has 0 radical (unpaired) electrons. The minimum absolute atomic E-state index is 0.0291. The van der Waals surface area contributed by atoms with E-state index >= 15 is 0 Å². The number of aliphatic carboxylic acids is 1. The summed E-state index contributed by atoms with van der Waals surface area (Å²) in [5.41, 5.74) is 2.23. The molecule has 0 saturated carbocycles. The van der Waals surface area contributed by atoms with Gasteiger partial charge >= 0.3 is 12.1 Å². The van der Waals surface area contributed by atoms with Gasteiger partial charge in [-0.2, -0.15) is 13.2 Å². The van der Waals surface area contributed by atoms with E-state index in [1.807, 2.05) is 17.9 Å². The number of hydrogen-bond acceptors (Lipinski definition) is 5. The number of rotatable bonds is 3. The topological polar surface area (TPSA) is 86.6 Å². The average Bonchev–Trinajstić information content (AvgIpc) is 3.26. The third kappa shape index (κ3) is 6.00. The molecule has 0 unspecified atom stereocenters. The Labute approximate surface area is 181 Å². The molecule has 1 N–H and O–H groups in total. The van der Waals surface area contributed by atoms with Crippen molar-refractivity contribution < 1.29 is 32.3 Å². The molecule has 0 bridgehead atoms. The molecular formula is C21H22F4N4O3. The molecule has 2 aliphatic heterocycles. The van der Waals surface area contributed by atoms with Gasteiger partial charge in [-0.05, 0) is 36.5 Å². The van der Waals surface area contributed by atoms with Crippen molar-refractivity contribution in [3.05, 3.63) is 59.4 Å². The summed E-state index contributed by atoms with van der Waals surface area (Å²) in [6.07, 6.45) is -1.90. The number of likely N-dealkylation sites (tertiary alicyclic amines) is 2. The third-order valence-electron chi connectivity index (χ3n) is 5.39. The van der Waals surface area contributed by atoms with Gasteiger partial charge in [0.2, 0.25) is 0 Å². The van der Waals surface area contributed by atoms with Crippen LogP contribution in [0, 0.1) is 24.6 Å². The summed E-state index contributed by atoms with van der Waals surface area (Å²) in [6, 6.07) is 6.79. The van der Waals surface area contributed by atoms with Crippen LogP contribution in [0.4, 0.5) is 17.6 Å². The molecule has 4 rings (SSSR count). The fourth-order valence-electron chi connectivity index (χ4n) is 3.94. The normalized spacial score (nSPS) is 20.5. The van der Waals surface area contributed by atoms with Gasteiger partial charge in [-0.1, -0.05) is 12.1 Å². The maximum absolute atomic E-state index is 13.3. The van der Waals surface area contributed by atoms with E-state index < -0.39 is 12.1 Å². The number of benzene rings is 1. The number of carboxylic acids is 1. The first kappa shape index (κ1) is 23.6. The summed E-state index contributed by atoms with van der Waals surface area (Å²) >= 11 is 0. The monoisotopic (exact) mass is 454 g/mol. The fraction of sp³-hybridized carbons (Fsp3) is 0.429. The number of amides is 1. The van der Waals surface area contributed by atoms with Crippen molar-refractivity contribution in [2.75, 3.05) is 26.2 Å². The van der Waals surface area contributed by atoms with Crippen LogP contribution >= 0.6 is 0 Å². The minimum atomic E-state index is -5.08. The van der Waals surface area contributed by atoms with Gasteiger partial charge in [-0.3, -0.25) is 14.7 Å². The molecular weight excluding hydrogens is 432 g/mol. The van der Waals surface area contributed by atoms with E-state index in [2.05, 4.69) is 14.9 Å². The molecule has 1 amide bonds. The molecule has 1 aromatic heterocycles. The third-order valence-corrected chi connectivity index (χ3v) is 5.39. The molecule has 2 atom stereocenters. The number of aromatic nitrogens is 2. The Bertz CT molecular complexity index is 954. The van der Waals surface area contributed by atoms with E-state index in [-0.39, 0.29) is 11.7 Å². The van der Waals surface area contributed by atoms with Crippen molar-refractivity contribution in [1.82, 2.24) is 19.8 Å². The van der Waals surface area contributed by atoms with Crippen molar-refractivity contribution in [1.29, 1.82) is 0 Å². The molecule has 2 fully saturated rings. The van der Waals surface area contributed by atoms with E-state index in [9.17, 15) is 22.4 Å². The molecule has 11 heteroatoms. The van der Waals surface area contributed by atoms with Crippen molar-refractivity contribution in [3.8, 4) is 0 Å². The average molecular weight is 454 g/mol. The van der Waals surface area contributed by atoms with Crippen LogP contribution in [0.2, 0.25) is 0 Å². The molecule has 0 spiro atoms. The van der Waals surface area contributed by atoms with E-state index in [1.165, 1.54) is 6.07 Å². The lowest BCUT2D eigenvalue weighted by Gasteiger charge is -2.21. The van der Waals surface area contributed by atoms with Crippen LogP contribution in [-0.2, 0) is 11.3 Å². The van der Waals surface area contributed by atoms with E-state index in [0.29, 0.717) is 17.5 Å². The smallest absolute Gasteiger partial charge is 0.475 e. The number of aryl methyl sites for hydroxylation is 1. The van der Waals surface area contributed by atoms with Crippen LogP contribution in [-0.4, -0.2) is 69.1 Å². The summed E-state index contributed by atoms with van der Waals surface area (Å²) in [6.45, 7) is 6.04. The van der Waals surface area contributed by atoms with Gasteiger partial charge in [-0.25, -0.2) is 14.2 Å². The molecule has 32 heavy (non-hydrogen) atoms. The zero-order chi connectivity index (χ0) is 23.5. The van der Waals surface area contributed by atoms with Crippen LogP contribution in [0.15, 0.2) is 36.7 Å². The molecule has 3 heterocycles. The van der Waals surface area contributed by atoms with Gasteiger partial charge in [0.15, 0.2) is 0 Å². The second-order valence-electron chi connectivity index (χ2n) is 7.90. The molecule has 0 aliphatic carbocycles. The molecule has 172 valence electrons. The maximum Gasteiger partial charge on any atom is 0.490 e. The van der Waals surface area contributed by atoms with E-state index in [1.54, 1.807) is 24.5 Å². The molecule has 1 aromatic carbocycles. The highest BCUT2D eigenvalue weighted by atomic mass is 19.4. The first-order valence-corrected chi connectivity index (χ1v) is 9.87. The first-order chi connectivity index (χ1) is 15.0. The van der Waals surface area contributed by atoms with Crippen molar-refractivity contribution in [2.45, 2.75) is 19.6 Å². The number of carbonyl (C=O) groups excluding carboxylic acids is 1. The number of nitrogens with zero attached hydrogens (tertiary/aromatic N) is 4. The molecule has 7 nitrogen and oxygen atoms in total. The van der Waals surface area contributed by atoms with Gasteiger partial charge in [0.1, 0.15) is 11.5 Å². The molecule has 2 aliphatic rings. The van der Waals surface area contributed by atoms with E-state index in [0.717, 1.165) is 44.0 Å². The maximum atomic E-state index is 13.3. The number of halogens is 4. The highest BCUT2D eigenvalue weighted by Crippen LogP contribution is 2.32. The summed E-state index contributed by atoms with van der Waals surface area (Å²) < 4.78 is 45.1. The van der Waals surface area contributed by atoms with Crippen molar-refractivity contribution in [2.24, 2.45) is 11.8 Å². The minimum Gasteiger partial charge on any atom is -0.475 e.